The van der Waals surface area contributed by atoms with Crippen molar-refractivity contribution in [2.45, 2.75) is 18.9 Å². The van der Waals surface area contributed by atoms with Crippen LogP contribution in [0.2, 0.25) is 0 Å². The first-order valence-corrected chi connectivity index (χ1v) is 6.19. The SMILES string of the molecule is CCOC1(C=O)CC=Cc2c1[nH]c1ccccc21. The van der Waals surface area contributed by atoms with Crippen LogP contribution in [0.3, 0.4) is 0 Å². The molecule has 3 rings (SSSR count). The number of ether oxygens (including phenoxy) is 1. The van der Waals surface area contributed by atoms with E-state index in [4.69, 9.17) is 4.74 Å². The zero-order valence-corrected chi connectivity index (χ0v) is 10.3. The van der Waals surface area contributed by atoms with Crippen LogP contribution >= 0.6 is 0 Å². The third-order valence-corrected chi connectivity index (χ3v) is 3.47. The van der Waals surface area contributed by atoms with Crippen LogP contribution in [0, 0.1) is 0 Å². The molecule has 0 spiro atoms. The number of carbonyl (C=O) groups excluding carboxylic acids is 1. The van der Waals surface area contributed by atoms with Crippen molar-refractivity contribution < 1.29 is 9.53 Å². The fourth-order valence-electron chi connectivity index (χ4n) is 2.65. The Balaban J connectivity index is 2.28. The van der Waals surface area contributed by atoms with Gasteiger partial charge in [0, 0.05) is 29.5 Å². The second-order valence-corrected chi connectivity index (χ2v) is 4.51. The van der Waals surface area contributed by atoms with E-state index in [-0.39, 0.29) is 0 Å². The minimum Gasteiger partial charge on any atom is -0.361 e. The van der Waals surface area contributed by atoms with Gasteiger partial charge < -0.3 is 9.72 Å². The molecule has 1 heterocycles. The summed E-state index contributed by atoms with van der Waals surface area (Å²) in [5.74, 6) is 0. The molecule has 1 aliphatic carbocycles. The minimum absolute atomic E-state index is 0.515. The highest BCUT2D eigenvalue weighted by Gasteiger charge is 2.37. The number of aromatic amines is 1. The van der Waals surface area contributed by atoms with Crippen LogP contribution in [0.4, 0.5) is 0 Å². The molecular weight excluding hydrogens is 226 g/mol. The lowest BCUT2D eigenvalue weighted by Gasteiger charge is -2.29. The molecule has 1 aromatic heterocycles. The van der Waals surface area contributed by atoms with Crippen molar-refractivity contribution in [3.63, 3.8) is 0 Å². The molecule has 0 fully saturated rings. The normalized spacial score (nSPS) is 22.1. The van der Waals surface area contributed by atoms with E-state index in [0.717, 1.165) is 28.4 Å². The Morgan fingerprint density at radius 3 is 3.06 bits per heavy atom. The number of hydrogen-bond donors (Lipinski definition) is 1. The fraction of sp³-hybridized carbons (Fsp3) is 0.267. The molecule has 92 valence electrons. The molecular formula is C15H15NO2. The summed E-state index contributed by atoms with van der Waals surface area (Å²) in [6.07, 6.45) is 5.57. The highest BCUT2D eigenvalue weighted by molar-refractivity contribution is 5.93. The number of benzene rings is 1. The Morgan fingerprint density at radius 2 is 2.28 bits per heavy atom. The molecule has 0 amide bonds. The summed E-state index contributed by atoms with van der Waals surface area (Å²) >= 11 is 0. The Kier molecular flexibility index (Phi) is 2.56. The maximum absolute atomic E-state index is 11.5. The average molecular weight is 241 g/mol. The second kappa shape index (κ2) is 4.10. The number of aromatic nitrogens is 1. The standard InChI is InChI=1S/C15H15NO2/c1-2-18-15(10-17)9-5-7-12-11-6-3-4-8-13(11)16-14(12)15/h3-8,10,16H,2,9H2,1H3. The van der Waals surface area contributed by atoms with E-state index in [1.165, 1.54) is 0 Å². The lowest BCUT2D eigenvalue weighted by molar-refractivity contribution is -0.132. The van der Waals surface area contributed by atoms with Crippen molar-refractivity contribution in [2.24, 2.45) is 0 Å². The molecule has 0 saturated carbocycles. The first-order chi connectivity index (χ1) is 8.80. The van der Waals surface area contributed by atoms with Crippen molar-refractivity contribution in [1.82, 2.24) is 4.98 Å². The van der Waals surface area contributed by atoms with E-state index in [0.29, 0.717) is 13.0 Å². The molecule has 1 aromatic carbocycles. The van der Waals surface area contributed by atoms with Crippen molar-refractivity contribution in [3.8, 4) is 0 Å². The summed E-state index contributed by atoms with van der Waals surface area (Å²) in [5, 5.41) is 1.13. The van der Waals surface area contributed by atoms with Gasteiger partial charge in [0.05, 0.1) is 5.69 Å². The summed E-state index contributed by atoms with van der Waals surface area (Å²) in [6, 6.07) is 8.06. The smallest absolute Gasteiger partial charge is 0.166 e. The first kappa shape index (κ1) is 11.2. The summed E-state index contributed by atoms with van der Waals surface area (Å²) < 4.78 is 5.73. The Morgan fingerprint density at radius 1 is 1.44 bits per heavy atom. The van der Waals surface area contributed by atoms with E-state index in [1.54, 1.807) is 0 Å². The van der Waals surface area contributed by atoms with Gasteiger partial charge in [-0.05, 0) is 13.0 Å². The molecule has 3 nitrogen and oxygen atoms in total. The molecule has 18 heavy (non-hydrogen) atoms. The topological polar surface area (TPSA) is 42.1 Å². The molecule has 1 N–H and O–H groups in total. The molecule has 0 aliphatic heterocycles. The number of nitrogens with one attached hydrogen (secondary N) is 1. The van der Waals surface area contributed by atoms with E-state index in [1.807, 2.05) is 31.2 Å². The van der Waals surface area contributed by atoms with Gasteiger partial charge in [-0.25, -0.2) is 0 Å². The van der Waals surface area contributed by atoms with Gasteiger partial charge in [-0.1, -0.05) is 30.4 Å². The molecule has 1 aliphatic rings. The maximum atomic E-state index is 11.5. The predicted molar refractivity (Wildman–Crippen MR) is 71.3 cm³/mol. The lowest BCUT2D eigenvalue weighted by atomic mass is 9.88. The third kappa shape index (κ3) is 1.44. The van der Waals surface area contributed by atoms with Crippen LogP contribution in [0.15, 0.2) is 30.3 Å². The van der Waals surface area contributed by atoms with Gasteiger partial charge >= 0.3 is 0 Å². The van der Waals surface area contributed by atoms with E-state index in [9.17, 15) is 4.79 Å². The van der Waals surface area contributed by atoms with Gasteiger partial charge in [0.25, 0.3) is 0 Å². The van der Waals surface area contributed by atoms with E-state index >= 15 is 0 Å². The summed E-state index contributed by atoms with van der Waals surface area (Å²) in [5.41, 5.74) is 2.14. The van der Waals surface area contributed by atoms with Crippen molar-refractivity contribution in [1.29, 1.82) is 0 Å². The lowest BCUT2D eigenvalue weighted by Crippen LogP contribution is -2.33. The van der Waals surface area contributed by atoms with Crippen LogP contribution in [0.5, 0.6) is 0 Å². The van der Waals surface area contributed by atoms with Crippen LogP contribution < -0.4 is 0 Å². The number of H-pyrrole nitrogens is 1. The molecule has 2 aromatic rings. The molecule has 1 atom stereocenters. The quantitative estimate of drug-likeness (QED) is 0.839. The van der Waals surface area contributed by atoms with Gasteiger partial charge in [-0.15, -0.1) is 0 Å². The zero-order valence-electron chi connectivity index (χ0n) is 10.3. The number of carbonyl (C=O) groups is 1. The van der Waals surface area contributed by atoms with Crippen LogP contribution in [-0.2, 0) is 15.1 Å². The molecule has 1 unspecified atom stereocenters. The summed E-state index contributed by atoms with van der Waals surface area (Å²) in [6.45, 7) is 2.42. The largest absolute Gasteiger partial charge is 0.361 e. The van der Waals surface area contributed by atoms with Crippen molar-refractivity contribution in [3.05, 3.63) is 41.6 Å². The predicted octanol–water partition coefficient (Wildman–Crippen LogP) is 3.02. The average Bonchev–Trinajstić information content (AvgIpc) is 2.79. The Labute approximate surface area is 105 Å². The number of fused-ring (bicyclic) bond motifs is 3. The minimum atomic E-state index is -0.849. The third-order valence-electron chi connectivity index (χ3n) is 3.47. The van der Waals surface area contributed by atoms with Crippen LogP contribution in [0.25, 0.3) is 17.0 Å². The molecule has 0 bridgehead atoms. The van der Waals surface area contributed by atoms with Crippen molar-refractivity contribution in [2.75, 3.05) is 6.61 Å². The monoisotopic (exact) mass is 241 g/mol. The van der Waals surface area contributed by atoms with Gasteiger partial charge in [-0.3, -0.25) is 4.79 Å². The summed E-state index contributed by atoms with van der Waals surface area (Å²) in [7, 11) is 0. The number of aldehydes is 1. The summed E-state index contributed by atoms with van der Waals surface area (Å²) in [4.78, 5) is 14.9. The highest BCUT2D eigenvalue weighted by atomic mass is 16.5. The van der Waals surface area contributed by atoms with Gasteiger partial charge in [-0.2, -0.15) is 0 Å². The van der Waals surface area contributed by atoms with Crippen molar-refractivity contribution >= 4 is 23.3 Å². The Bertz CT molecular complexity index is 626. The van der Waals surface area contributed by atoms with Gasteiger partial charge in [0.15, 0.2) is 11.9 Å². The van der Waals surface area contributed by atoms with E-state index < -0.39 is 5.60 Å². The molecule has 3 heteroatoms. The maximum Gasteiger partial charge on any atom is 0.166 e. The fourth-order valence-corrected chi connectivity index (χ4v) is 2.65. The Hall–Kier alpha value is -1.87. The molecule has 0 radical (unpaired) electrons. The van der Waals surface area contributed by atoms with E-state index in [2.05, 4.69) is 17.1 Å². The number of para-hydroxylation sites is 1. The van der Waals surface area contributed by atoms with Crippen LogP contribution in [-0.4, -0.2) is 17.9 Å². The number of rotatable bonds is 3. The zero-order chi connectivity index (χ0) is 12.6. The first-order valence-electron chi connectivity index (χ1n) is 6.19. The second-order valence-electron chi connectivity index (χ2n) is 4.51. The van der Waals surface area contributed by atoms with Gasteiger partial charge in [0.1, 0.15) is 0 Å². The molecule has 0 saturated heterocycles. The van der Waals surface area contributed by atoms with Gasteiger partial charge in [0.2, 0.25) is 0 Å². The number of hydrogen-bond acceptors (Lipinski definition) is 2. The van der Waals surface area contributed by atoms with Crippen LogP contribution in [0.1, 0.15) is 24.6 Å². The highest BCUT2D eigenvalue weighted by Crippen LogP contribution is 2.38.